The molecule has 33 heavy (non-hydrogen) atoms. The number of carbonyl (C=O) groups excluding carboxylic acids is 2. The van der Waals surface area contributed by atoms with Crippen LogP contribution in [0.3, 0.4) is 0 Å². The van der Waals surface area contributed by atoms with E-state index in [9.17, 15) is 22.8 Å². The van der Waals surface area contributed by atoms with E-state index in [0.29, 0.717) is 24.9 Å². The number of amides is 2. The summed E-state index contributed by atoms with van der Waals surface area (Å²) in [5.41, 5.74) is -0.359. The number of aryl methyl sites for hydroxylation is 1. The number of thiophene rings is 1. The van der Waals surface area contributed by atoms with Gasteiger partial charge in [-0.15, -0.1) is 11.3 Å². The molecule has 2 N–H and O–H groups in total. The third-order valence-electron chi connectivity index (χ3n) is 4.98. The summed E-state index contributed by atoms with van der Waals surface area (Å²) < 4.78 is 37.7. The first-order chi connectivity index (χ1) is 15.3. The maximum absolute atomic E-state index is 12.6. The predicted molar refractivity (Wildman–Crippen MR) is 123 cm³/mol. The van der Waals surface area contributed by atoms with Gasteiger partial charge in [-0.3, -0.25) is 9.59 Å². The summed E-state index contributed by atoms with van der Waals surface area (Å²) in [5.74, 6) is -0.143. The fourth-order valence-electron chi connectivity index (χ4n) is 3.52. The van der Waals surface area contributed by atoms with Gasteiger partial charge in [-0.25, -0.2) is 4.98 Å². The van der Waals surface area contributed by atoms with Crippen molar-refractivity contribution in [1.82, 2.24) is 20.2 Å². The molecule has 1 aliphatic rings. The van der Waals surface area contributed by atoms with Crippen LogP contribution in [0.1, 0.15) is 39.0 Å². The van der Waals surface area contributed by atoms with E-state index in [1.165, 1.54) is 16.2 Å². The van der Waals surface area contributed by atoms with Crippen LogP contribution in [0.5, 0.6) is 0 Å². The van der Waals surface area contributed by atoms with E-state index in [1.54, 1.807) is 0 Å². The number of piperazine rings is 1. The number of hydrogen-bond acceptors (Lipinski definition) is 7. The summed E-state index contributed by atoms with van der Waals surface area (Å²) in [6, 6.07) is 2.02. The number of nitrogens with one attached hydrogen (secondary N) is 2. The van der Waals surface area contributed by atoms with Gasteiger partial charge in [0.2, 0.25) is 17.8 Å². The maximum atomic E-state index is 12.6. The quantitative estimate of drug-likeness (QED) is 0.652. The molecule has 12 heteroatoms. The van der Waals surface area contributed by atoms with E-state index >= 15 is 0 Å². The first kappa shape index (κ1) is 25.0. The number of alkyl halides is 3. The number of nitrogens with zero attached hydrogens (tertiary/aromatic N) is 4. The minimum Gasteiger partial charge on any atom is -0.352 e. The van der Waals surface area contributed by atoms with Crippen LogP contribution in [-0.2, 0) is 16.0 Å². The molecule has 0 radical (unpaired) electrons. The van der Waals surface area contributed by atoms with E-state index in [0.717, 1.165) is 21.5 Å². The van der Waals surface area contributed by atoms with Crippen molar-refractivity contribution in [3.8, 4) is 0 Å². The van der Waals surface area contributed by atoms with Gasteiger partial charge in [0.25, 0.3) is 0 Å². The summed E-state index contributed by atoms with van der Waals surface area (Å²) in [5, 5.41) is 6.70. The number of halogens is 3. The van der Waals surface area contributed by atoms with Crippen molar-refractivity contribution in [2.75, 3.05) is 42.9 Å². The molecule has 0 saturated carbocycles. The van der Waals surface area contributed by atoms with E-state index < -0.39 is 18.5 Å². The minimum atomic E-state index is -4.51. The van der Waals surface area contributed by atoms with Crippen molar-refractivity contribution >= 4 is 45.1 Å². The van der Waals surface area contributed by atoms with Crippen molar-refractivity contribution in [2.24, 2.45) is 0 Å². The molecule has 1 fully saturated rings. The van der Waals surface area contributed by atoms with Crippen LogP contribution in [0.2, 0.25) is 0 Å². The summed E-state index contributed by atoms with van der Waals surface area (Å²) >= 11 is 1.54. The molecule has 2 aromatic heterocycles. The molecule has 1 aliphatic heterocycles. The van der Waals surface area contributed by atoms with Gasteiger partial charge < -0.3 is 20.4 Å². The maximum Gasteiger partial charge on any atom is 0.397 e. The van der Waals surface area contributed by atoms with Gasteiger partial charge in [-0.05, 0) is 33.3 Å². The van der Waals surface area contributed by atoms with Crippen LogP contribution in [0.4, 0.5) is 24.9 Å². The molecular formula is C21H29F3N6O2S. The number of anilines is 2. The molecule has 3 heterocycles. The Morgan fingerprint density at radius 3 is 2.36 bits per heavy atom. The first-order valence-corrected chi connectivity index (χ1v) is 11.6. The largest absolute Gasteiger partial charge is 0.397 e. The van der Waals surface area contributed by atoms with Gasteiger partial charge >= 0.3 is 6.18 Å². The van der Waals surface area contributed by atoms with Gasteiger partial charge in [0.15, 0.2) is 0 Å². The molecule has 1 saturated heterocycles. The molecule has 2 amide bonds. The number of hydrogen-bond donors (Lipinski definition) is 2. The van der Waals surface area contributed by atoms with Gasteiger partial charge in [0.1, 0.15) is 17.1 Å². The van der Waals surface area contributed by atoms with Crippen LogP contribution >= 0.6 is 11.3 Å². The normalized spacial score (nSPS) is 15.1. The fourth-order valence-corrected chi connectivity index (χ4v) is 4.49. The van der Waals surface area contributed by atoms with E-state index in [4.69, 9.17) is 0 Å². The summed E-state index contributed by atoms with van der Waals surface area (Å²) in [4.78, 5) is 38.4. The zero-order valence-corrected chi connectivity index (χ0v) is 20.0. The molecule has 0 spiro atoms. The standard InChI is InChI=1S/C21H29F3N6O2S/c1-5-13-10-14-17(30-8-6-29(7-9-30)16(32)11-21(22,23)24)26-19(27-18(14)33-13)25-12-15(31)28-20(2,3)4/h10H,5-9,11-12H2,1-4H3,(H,28,31)(H,25,26,27). The molecule has 0 atom stereocenters. The molecule has 0 unspecified atom stereocenters. The predicted octanol–water partition coefficient (Wildman–Crippen LogP) is 3.18. The Labute approximate surface area is 194 Å². The van der Waals surface area contributed by atoms with E-state index in [2.05, 4.69) is 20.6 Å². The fraction of sp³-hybridized carbons (Fsp3) is 0.619. The summed E-state index contributed by atoms with van der Waals surface area (Å²) in [6.45, 7) is 8.80. The number of rotatable bonds is 6. The van der Waals surface area contributed by atoms with Crippen molar-refractivity contribution in [2.45, 2.75) is 52.3 Å². The van der Waals surface area contributed by atoms with Gasteiger partial charge in [-0.2, -0.15) is 18.2 Å². The van der Waals surface area contributed by atoms with Crippen LogP contribution in [0.25, 0.3) is 10.2 Å². The topological polar surface area (TPSA) is 90.5 Å². The third-order valence-corrected chi connectivity index (χ3v) is 6.15. The number of carbonyl (C=O) groups is 2. The Balaban J connectivity index is 1.77. The highest BCUT2D eigenvalue weighted by molar-refractivity contribution is 7.18. The first-order valence-electron chi connectivity index (χ1n) is 10.8. The van der Waals surface area contributed by atoms with Crippen molar-refractivity contribution < 1.29 is 22.8 Å². The van der Waals surface area contributed by atoms with Gasteiger partial charge in [0.05, 0.1) is 11.9 Å². The van der Waals surface area contributed by atoms with E-state index in [-0.39, 0.29) is 31.1 Å². The number of aromatic nitrogens is 2. The third kappa shape index (κ3) is 6.92. The molecule has 0 aromatic carbocycles. The lowest BCUT2D eigenvalue weighted by Gasteiger charge is -2.36. The van der Waals surface area contributed by atoms with Crippen molar-refractivity contribution in [3.63, 3.8) is 0 Å². The Morgan fingerprint density at radius 1 is 1.12 bits per heavy atom. The van der Waals surface area contributed by atoms with Crippen molar-refractivity contribution in [3.05, 3.63) is 10.9 Å². The highest BCUT2D eigenvalue weighted by Gasteiger charge is 2.34. The molecule has 2 aromatic rings. The SMILES string of the molecule is CCc1cc2c(N3CCN(C(=O)CC(F)(F)F)CC3)nc(NCC(=O)NC(C)(C)C)nc2s1. The molecule has 0 bridgehead atoms. The van der Waals surface area contributed by atoms with Gasteiger partial charge in [-0.1, -0.05) is 6.92 Å². The molecule has 8 nitrogen and oxygen atoms in total. The molecule has 182 valence electrons. The lowest BCUT2D eigenvalue weighted by Crippen LogP contribution is -2.49. The summed E-state index contributed by atoms with van der Waals surface area (Å²) in [7, 11) is 0. The Hall–Kier alpha value is -2.63. The smallest absolute Gasteiger partial charge is 0.352 e. The highest BCUT2D eigenvalue weighted by Crippen LogP contribution is 2.33. The van der Waals surface area contributed by atoms with Crippen LogP contribution in [0, 0.1) is 0 Å². The zero-order valence-electron chi connectivity index (χ0n) is 19.2. The number of fused-ring (bicyclic) bond motifs is 1. The second kappa shape index (κ2) is 9.70. The second-order valence-corrected chi connectivity index (χ2v) is 10.1. The average molecular weight is 487 g/mol. The monoisotopic (exact) mass is 486 g/mol. The molecule has 0 aliphatic carbocycles. The van der Waals surface area contributed by atoms with Gasteiger partial charge in [0, 0.05) is 36.6 Å². The molecule has 3 rings (SSSR count). The Morgan fingerprint density at radius 2 is 1.79 bits per heavy atom. The average Bonchev–Trinajstić information content (AvgIpc) is 3.12. The summed E-state index contributed by atoms with van der Waals surface area (Å²) in [6.07, 6.45) is -5.13. The lowest BCUT2D eigenvalue weighted by molar-refractivity contribution is -0.161. The van der Waals surface area contributed by atoms with Crippen LogP contribution < -0.4 is 15.5 Å². The highest BCUT2D eigenvalue weighted by atomic mass is 32.1. The lowest BCUT2D eigenvalue weighted by atomic mass is 10.1. The Kier molecular flexibility index (Phi) is 7.35. The van der Waals surface area contributed by atoms with Crippen LogP contribution in [-0.4, -0.2) is 71.1 Å². The van der Waals surface area contributed by atoms with Crippen molar-refractivity contribution in [1.29, 1.82) is 0 Å². The zero-order chi connectivity index (χ0) is 24.4. The minimum absolute atomic E-state index is 0.00789. The van der Waals surface area contributed by atoms with Crippen LogP contribution in [0.15, 0.2) is 6.07 Å². The Bertz CT molecular complexity index is 1010. The van der Waals surface area contributed by atoms with E-state index in [1.807, 2.05) is 38.7 Å². The molecular weight excluding hydrogens is 457 g/mol. The second-order valence-electron chi connectivity index (χ2n) is 8.97.